The Bertz CT molecular complexity index is 2740. The van der Waals surface area contributed by atoms with Gasteiger partial charge in [-0.1, -0.05) is 89.0 Å². The summed E-state index contributed by atoms with van der Waals surface area (Å²) in [6.07, 6.45) is -0.969. The maximum absolute atomic E-state index is 14.7. The van der Waals surface area contributed by atoms with Crippen LogP contribution in [0.4, 0.5) is 20.2 Å². The fourth-order valence-corrected chi connectivity index (χ4v) is 9.77. The topological polar surface area (TPSA) is 160 Å². The molecule has 0 aliphatic rings. The predicted molar refractivity (Wildman–Crippen MR) is 286 cm³/mol. The smallest absolute Gasteiger partial charge is 0.250 e. The molecule has 0 bridgehead atoms. The van der Waals surface area contributed by atoms with E-state index in [1.54, 1.807) is 25.1 Å². The quantitative estimate of drug-likeness (QED) is 0.0435. The number of hydrogen-bond donors (Lipinski definition) is 4. The van der Waals surface area contributed by atoms with E-state index in [0.717, 1.165) is 23.3 Å². The van der Waals surface area contributed by atoms with Gasteiger partial charge in [-0.3, -0.25) is 19.2 Å². The van der Waals surface area contributed by atoms with Crippen molar-refractivity contribution in [2.45, 2.75) is 131 Å². The van der Waals surface area contributed by atoms with Crippen LogP contribution in [0.1, 0.15) is 98.4 Å². The number of carbonyl (C=O) groups excluding carboxylic acids is 4. The lowest BCUT2D eigenvalue weighted by atomic mass is 9.91. The molecule has 4 aromatic rings. The number of ketones is 2. The van der Waals surface area contributed by atoms with Gasteiger partial charge in [-0.05, 0) is 135 Å². The zero-order valence-electron chi connectivity index (χ0n) is 43.7. The van der Waals surface area contributed by atoms with E-state index in [4.69, 9.17) is 45.2 Å². The summed E-state index contributed by atoms with van der Waals surface area (Å²) in [5, 5.41) is 25.1. The molecule has 4 aromatic carbocycles. The minimum Gasteiger partial charge on any atom is -0.542 e. The Hall–Kier alpha value is -5.47. The second-order valence-electron chi connectivity index (χ2n) is 21.0. The third kappa shape index (κ3) is 15.8. The standard InChI is InChI=1S/C33H48ClFN2O4Si2.C21H20ClFN2O4/c1-21-23(15-17-27(36-9)30(21)34)18-25(22(2)40-42(10,11)32(3,4)5)31(39)37-20-28(38)24-14-16-26(35)29(19-24)41-43(12,13)33(6,7)8;1-11-13(5-7-17(24-3)20(11)22)8-15(12(2)26)21(29)25-10-19(28)14-4-6-16(23)18(27)9-14/h14-17,19,22,25H,18,20H2,1-8,10-13H3,(H,37,39);4-7,9,12,15,26-27H,8,10H2,1-2H3,(H,25,29)/t22-,25?;12-,15?/m11/s1. The second kappa shape index (κ2) is 25.0. The third-order valence-corrected chi connectivity index (χ3v) is 23.6. The van der Waals surface area contributed by atoms with Crippen LogP contribution in [0.3, 0.4) is 0 Å². The van der Waals surface area contributed by atoms with Gasteiger partial charge in [-0.2, -0.15) is 0 Å². The molecule has 4 N–H and O–H groups in total. The average Bonchev–Trinajstić information content (AvgIpc) is 3.28. The van der Waals surface area contributed by atoms with Crippen LogP contribution in [0, 0.1) is 50.5 Å². The van der Waals surface area contributed by atoms with Gasteiger partial charge in [0.25, 0.3) is 8.32 Å². The number of aromatic hydroxyl groups is 1. The molecule has 0 saturated carbocycles. The molecule has 0 aromatic heterocycles. The van der Waals surface area contributed by atoms with Crippen molar-refractivity contribution in [1.29, 1.82) is 0 Å². The largest absolute Gasteiger partial charge is 0.542 e. The molecule has 0 aliphatic carbocycles. The van der Waals surface area contributed by atoms with Crippen molar-refractivity contribution in [2.75, 3.05) is 13.1 Å². The number of phenols is 1. The van der Waals surface area contributed by atoms with Crippen molar-refractivity contribution in [2.24, 2.45) is 11.8 Å². The number of carbonyl (C=O) groups is 4. The van der Waals surface area contributed by atoms with E-state index in [2.05, 4.69) is 75.0 Å². The average molecular weight is 1070 g/mol. The summed E-state index contributed by atoms with van der Waals surface area (Å²) >= 11 is 12.6. The molecule has 0 heterocycles. The lowest BCUT2D eigenvalue weighted by molar-refractivity contribution is -0.128. The maximum atomic E-state index is 14.7. The first-order chi connectivity index (χ1) is 33.2. The Morgan fingerprint density at radius 3 is 1.51 bits per heavy atom. The Morgan fingerprint density at radius 2 is 1.10 bits per heavy atom. The summed E-state index contributed by atoms with van der Waals surface area (Å²) in [4.78, 5) is 58.4. The van der Waals surface area contributed by atoms with E-state index in [0.29, 0.717) is 39.0 Å². The number of amides is 2. The summed E-state index contributed by atoms with van der Waals surface area (Å²) in [5.74, 6) is -5.19. The number of benzene rings is 4. The molecule has 0 saturated heterocycles. The number of nitrogens with one attached hydrogen (secondary N) is 2. The highest BCUT2D eigenvalue weighted by molar-refractivity contribution is 6.75. The van der Waals surface area contributed by atoms with Crippen LogP contribution in [-0.2, 0) is 26.9 Å². The molecule has 18 heteroatoms. The number of aliphatic hydroxyl groups is 1. The van der Waals surface area contributed by atoms with Crippen molar-refractivity contribution in [3.8, 4) is 11.5 Å². The van der Waals surface area contributed by atoms with Gasteiger partial charge in [0.15, 0.2) is 37.3 Å². The van der Waals surface area contributed by atoms with Crippen LogP contribution in [0.5, 0.6) is 11.5 Å². The van der Waals surface area contributed by atoms with Crippen LogP contribution in [0.2, 0.25) is 46.3 Å². The fourth-order valence-electron chi connectivity index (χ4n) is 6.86. The summed E-state index contributed by atoms with van der Waals surface area (Å²) in [5.41, 5.74) is 3.90. The van der Waals surface area contributed by atoms with Gasteiger partial charge in [0, 0.05) is 11.1 Å². The number of phenolic OH excluding ortho intramolecular Hbond substituents is 1. The van der Waals surface area contributed by atoms with E-state index >= 15 is 0 Å². The zero-order valence-corrected chi connectivity index (χ0v) is 47.2. The normalized spacial score (nSPS) is 13.5. The number of nitrogens with zero attached hydrogens (tertiary/aromatic N) is 2. The van der Waals surface area contributed by atoms with Crippen molar-refractivity contribution < 1.29 is 47.0 Å². The highest BCUT2D eigenvalue weighted by Gasteiger charge is 2.42. The molecule has 12 nitrogen and oxygen atoms in total. The van der Waals surface area contributed by atoms with Crippen LogP contribution < -0.4 is 15.1 Å². The number of hydrogen-bond acceptors (Lipinski definition) is 8. The first-order valence-corrected chi connectivity index (χ1v) is 30.0. The van der Waals surface area contributed by atoms with Crippen LogP contribution in [0.15, 0.2) is 60.7 Å². The molecular formula is C54H68Cl2F2N4O8Si2. The summed E-state index contributed by atoms with van der Waals surface area (Å²) in [7, 11) is -4.58. The first-order valence-electron chi connectivity index (χ1n) is 23.4. The van der Waals surface area contributed by atoms with E-state index in [1.807, 2.05) is 33.0 Å². The number of halogens is 4. The Labute approximate surface area is 435 Å². The summed E-state index contributed by atoms with van der Waals surface area (Å²) < 4.78 is 40.5. The Balaban J connectivity index is 0.000000410. The monoisotopic (exact) mass is 1060 g/mol. The number of Topliss-reactive ketones (excluding diaryl/α,β-unsaturated/α-hetero) is 2. The maximum Gasteiger partial charge on any atom is 0.250 e. The zero-order chi connectivity index (χ0) is 54.8. The Morgan fingerprint density at radius 1 is 0.681 bits per heavy atom. The minimum absolute atomic E-state index is 0.0493. The molecule has 0 fully saturated rings. The fraction of sp³-hybridized carbons (Fsp3) is 0.444. The number of rotatable bonds is 18. The third-order valence-electron chi connectivity index (χ3n) is 13.7. The summed E-state index contributed by atoms with van der Waals surface area (Å²) in [6.45, 7) is 41.6. The van der Waals surface area contributed by atoms with Crippen molar-refractivity contribution in [3.05, 3.63) is 139 Å². The van der Waals surface area contributed by atoms with Gasteiger partial charge in [0.2, 0.25) is 23.2 Å². The molecule has 2 unspecified atom stereocenters. The van der Waals surface area contributed by atoms with Crippen molar-refractivity contribution in [1.82, 2.24) is 10.6 Å². The highest BCUT2D eigenvalue weighted by Crippen LogP contribution is 2.40. The van der Waals surface area contributed by atoms with E-state index in [1.165, 1.54) is 31.2 Å². The van der Waals surface area contributed by atoms with Crippen molar-refractivity contribution >= 4 is 74.6 Å². The van der Waals surface area contributed by atoms with E-state index in [9.17, 15) is 38.2 Å². The van der Waals surface area contributed by atoms with Crippen LogP contribution in [0.25, 0.3) is 9.69 Å². The minimum atomic E-state index is -2.34. The van der Waals surface area contributed by atoms with Crippen molar-refractivity contribution in [3.63, 3.8) is 0 Å². The van der Waals surface area contributed by atoms with Gasteiger partial charge >= 0.3 is 0 Å². The molecule has 388 valence electrons. The Kier molecular flexibility index (Phi) is 21.1. The molecule has 0 aliphatic heterocycles. The second-order valence-corrected chi connectivity index (χ2v) is 31.2. The molecular weight excluding hydrogens is 998 g/mol. The lowest BCUT2D eigenvalue weighted by Gasteiger charge is -2.40. The SMILES string of the molecule is [C-]#[N+]c1ccc(CC(C(=O)NCC(=O)c2ccc(F)c(O)c2)[C@@H](C)O)c(C)c1Cl.[C-]#[N+]c1ccc(CC(C(=O)NCC(=O)c2ccc(F)c(O[Si](C)(C)C(C)(C)C)c2)[C@@H](C)O[Si](C)(C)C(C)(C)C)c(C)c1Cl. The van der Waals surface area contributed by atoms with Gasteiger partial charge in [-0.15, -0.1) is 0 Å². The molecule has 0 spiro atoms. The summed E-state index contributed by atoms with van der Waals surface area (Å²) in [6, 6.07) is 13.9. The van der Waals surface area contributed by atoms with Crippen LogP contribution in [-0.4, -0.2) is 75.5 Å². The number of aliphatic hydroxyl groups excluding tert-OH is 1. The van der Waals surface area contributed by atoms with Gasteiger partial charge in [-0.25, -0.2) is 18.5 Å². The van der Waals surface area contributed by atoms with Crippen LogP contribution >= 0.6 is 23.2 Å². The molecule has 4 atom stereocenters. The molecule has 0 radical (unpaired) electrons. The molecule has 2 amide bonds. The van der Waals surface area contributed by atoms with E-state index < -0.39 is 69.8 Å². The van der Waals surface area contributed by atoms with E-state index in [-0.39, 0.29) is 58.2 Å². The predicted octanol–water partition coefficient (Wildman–Crippen LogP) is 12.9. The van der Waals surface area contributed by atoms with Gasteiger partial charge in [0.05, 0.1) is 60.3 Å². The van der Waals surface area contributed by atoms with Gasteiger partial charge in [0.1, 0.15) is 5.75 Å². The molecule has 4 rings (SSSR count). The highest BCUT2D eigenvalue weighted by atomic mass is 35.5. The molecule has 72 heavy (non-hydrogen) atoms. The first kappa shape index (κ1) is 60.8. The lowest BCUT2D eigenvalue weighted by Crippen LogP contribution is -2.48. The van der Waals surface area contributed by atoms with Gasteiger partial charge < -0.3 is 29.7 Å².